The first-order chi connectivity index (χ1) is 23.7. The molecule has 14 heteroatoms. The summed E-state index contributed by atoms with van der Waals surface area (Å²) in [5.74, 6) is -0.0555. The van der Waals surface area contributed by atoms with Crippen molar-refractivity contribution in [2.45, 2.75) is 44.8 Å². The lowest BCUT2D eigenvalue weighted by Crippen LogP contribution is -2.46. The number of hydrogen-bond donors (Lipinski definition) is 1. The largest absolute Gasteiger partial charge is 0.365 e. The summed E-state index contributed by atoms with van der Waals surface area (Å²) in [6.07, 6.45) is 5.25. The fourth-order valence-electron chi connectivity index (χ4n) is 7.63. The van der Waals surface area contributed by atoms with Gasteiger partial charge in [0, 0.05) is 55.8 Å². The number of amides is 1. The van der Waals surface area contributed by atoms with Crippen LogP contribution in [0.25, 0.3) is 39.0 Å². The number of imidazole rings is 1. The van der Waals surface area contributed by atoms with Crippen molar-refractivity contribution < 1.29 is 18.0 Å². The number of benzene rings is 2. The molecular weight excluding hydrogens is 633 g/mol. The fraction of sp³-hybridized carbons (Fsp3) is 0.314. The van der Waals surface area contributed by atoms with E-state index >= 15 is 0 Å². The van der Waals surface area contributed by atoms with Crippen LogP contribution in [0.5, 0.6) is 0 Å². The smallest absolute Gasteiger partial charge is 0.245 e. The Morgan fingerprint density at radius 3 is 2.65 bits per heavy atom. The SMILES string of the molecule is Cc1nc2cc(F)cc3c2n1CC1(CC1)CN(C)C(=O)[C@@H]1C[C@@H](CN1c1ncnc2c1cnn2-c1ccc(F)cc1F)Nc1cccc-3n1. The van der Waals surface area contributed by atoms with Gasteiger partial charge in [-0.15, -0.1) is 0 Å². The van der Waals surface area contributed by atoms with Crippen LogP contribution in [0.15, 0.2) is 61.1 Å². The van der Waals surface area contributed by atoms with Crippen molar-refractivity contribution in [1.82, 2.24) is 39.2 Å². The second-order valence-electron chi connectivity index (χ2n) is 13.5. The molecule has 2 aliphatic heterocycles. The Morgan fingerprint density at radius 1 is 0.980 bits per heavy atom. The maximum Gasteiger partial charge on any atom is 0.245 e. The first-order valence-corrected chi connectivity index (χ1v) is 16.2. The molecular formula is C35H31F3N10O. The number of carbonyl (C=O) groups is 1. The first-order valence-electron chi connectivity index (χ1n) is 16.2. The van der Waals surface area contributed by atoms with Crippen LogP contribution in [0.4, 0.5) is 24.8 Å². The van der Waals surface area contributed by atoms with E-state index < -0.39 is 17.7 Å². The van der Waals surface area contributed by atoms with Crippen LogP contribution in [0.1, 0.15) is 25.1 Å². The van der Waals surface area contributed by atoms with Crippen molar-refractivity contribution in [2.75, 3.05) is 30.4 Å². The predicted molar refractivity (Wildman–Crippen MR) is 177 cm³/mol. The van der Waals surface area contributed by atoms with E-state index in [1.54, 1.807) is 6.20 Å². The quantitative estimate of drug-likeness (QED) is 0.267. The number of aromatic nitrogens is 7. The molecule has 11 nitrogen and oxygen atoms in total. The number of anilines is 2. The molecule has 2 aromatic carbocycles. The van der Waals surface area contributed by atoms with Crippen molar-refractivity contribution in [3.05, 3.63) is 84.3 Å². The van der Waals surface area contributed by atoms with Gasteiger partial charge in [-0.3, -0.25) is 4.79 Å². The minimum atomic E-state index is -0.779. The number of fused-ring (bicyclic) bond motifs is 6. The van der Waals surface area contributed by atoms with Gasteiger partial charge in [-0.25, -0.2) is 37.8 Å². The number of pyridine rings is 1. The predicted octanol–water partition coefficient (Wildman–Crippen LogP) is 5.26. The van der Waals surface area contributed by atoms with Crippen molar-refractivity contribution in [3.63, 3.8) is 0 Å². The number of halogens is 3. The molecule has 4 bridgehead atoms. The third kappa shape index (κ3) is 4.87. The summed E-state index contributed by atoms with van der Waals surface area (Å²) in [5.41, 5.74) is 2.91. The lowest BCUT2D eigenvalue weighted by atomic mass is 10.0. The highest BCUT2D eigenvalue weighted by atomic mass is 19.1. The second kappa shape index (κ2) is 10.7. The summed E-state index contributed by atoms with van der Waals surface area (Å²) in [7, 11) is 1.84. The second-order valence-corrected chi connectivity index (χ2v) is 13.5. The summed E-state index contributed by atoms with van der Waals surface area (Å²) in [6, 6.07) is 11.1. The van der Waals surface area contributed by atoms with E-state index in [2.05, 4.69) is 25.0 Å². The molecule has 2 fully saturated rings. The zero-order chi connectivity index (χ0) is 33.6. The summed E-state index contributed by atoms with van der Waals surface area (Å²) < 4.78 is 46.9. The number of aryl methyl sites for hydroxylation is 1. The minimum absolute atomic E-state index is 0.0448. The van der Waals surface area contributed by atoms with E-state index in [9.17, 15) is 18.0 Å². The number of nitrogens with one attached hydrogen (secondary N) is 1. The number of rotatable bonds is 2. The lowest BCUT2D eigenvalue weighted by Gasteiger charge is -2.31. The Labute approximate surface area is 278 Å². The van der Waals surface area contributed by atoms with Gasteiger partial charge in [0.2, 0.25) is 5.91 Å². The molecule has 3 aliphatic rings. The van der Waals surface area contributed by atoms with Crippen LogP contribution in [0.3, 0.4) is 0 Å². The van der Waals surface area contributed by atoms with Crippen LogP contribution in [-0.2, 0) is 11.3 Å². The Kier molecular flexibility index (Phi) is 6.49. The van der Waals surface area contributed by atoms with Crippen molar-refractivity contribution in [2.24, 2.45) is 5.41 Å². The first kappa shape index (κ1) is 29.6. The average molecular weight is 665 g/mol. The summed E-state index contributed by atoms with van der Waals surface area (Å²) in [5, 5.41) is 8.44. The zero-order valence-corrected chi connectivity index (χ0v) is 26.7. The highest BCUT2D eigenvalue weighted by Crippen LogP contribution is 2.49. The van der Waals surface area contributed by atoms with E-state index in [0.29, 0.717) is 65.5 Å². The van der Waals surface area contributed by atoms with Crippen molar-refractivity contribution in [1.29, 1.82) is 0 Å². The van der Waals surface area contributed by atoms with E-state index in [4.69, 9.17) is 9.97 Å². The molecule has 1 amide bonds. The van der Waals surface area contributed by atoms with Gasteiger partial charge in [-0.1, -0.05) is 6.07 Å². The maximum absolute atomic E-state index is 15.0. The fourth-order valence-corrected chi connectivity index (χ4v) is 7.63. The summed E-state index contributed by atoms with van der Waals surface area (Å²) in [4.78, 5) is 36.9. The number of hydrogen-bond acceptors (Lipinski definition) is 8. The standard InChI is InChI=1S/C35H31F3N10O/c1-19-42-27-12-21(37)10-23-26-4-3-5-30(44-26)43-22-13-29(34(49)45(2)16-35(8-9-35)17-47(19)31(23)27)46(15-22)32-24-14-41-48(33(24)40-18-39-32)28-7-6-20(36)11-25(28)38/h3-7,10-12,14,18,22,29H,8-9,13,15-17H2,1-2H3,(H,43,44)/t22-,29-/m0/s1. The summed E-state index contributed by atoms with van der Waals surface area (Å²) in [6.45, 7) is 3.50. The maximum atomic E-state index is 15.0. The number of nitrogens with zero attached hydrogens (tertiary/aromatic N) is 9. The molecule has 248 valence electrons. The van der Waals surface area contributed by atoms with E-state index in [-0.39, 0.29) is 28.9 Å². The molecule has 6 heterocycles. The normalized spacial score (nSPS) is 20.1. The van der Waals surface area contributed by atoms with Crippen molar-refractivity contribution >= 4 is 39.6 Å². The summed E-state index contributed by atoms with van der Waals surface area (Å²) >= 11 is 0. The zero-order valence-electron chi connectivity index (χ0n) is 26.7. The van der Waals surface area contributed by atoms with Crippen LogP contribution in [0.2, 0.25) is 0 Å². The highest BCUT2D eigenvalue weighted by Gasteiger charge is 2.47. The van der Waals surface area contributed by atoms with Crippen LogP contribution in [0, 0.1) is 29.8 Å². The van der Waals surface area contributed by atoms with Gasteiger partial charge < -0.3 is 19.7 Å². The van der Waals surface area contributed by atoms with E-state index in [1.807, 2.05) is 42.0 Å². The molecule has 1 saturated carbocycles. The molecule has 9 rings (SSSR count). The third-order valence-electron chi connectivity index (χ3n) is 10.1. The molecule has 1 spiro atoms. The Balaban J connectivity index is 1.15. The molecule has 6 aromatic rings. The molecule has 1 aliphatic carbocycles. The monoisotopic (exact) mass is 664 g/mol. The lowest BCUT2D eigenvalue weighted by molar-refractivity contribution is -0.132. The Bertz CT molecular complexity index is 2310. The average Bonchev–Trinajstić information content (AvgIpc) is 3.35. The molecule has 2 atom stereocenters. The highest BCUT2D eigenvalue weighted by molar-refractivity contribution is 5.94. The van der Waals surface area contributed by atoms with E-state index in [1.165, 1.54) is 29.2 Å². The van der Waals surface area contributed by atoms with Crippen LogP contribution < -0.4 is 10.2 Å². The molecule has 0 radical (unpaired) electrons. The van der Waals surface area contributed by atoms with Gasteiger partial charge in [-0.2, -0.15) is 5.10 Å². The number of carbonyl (C=O) groups excluding carboxylic acids is 1. The van der Waals surface area contributed by atoms with Gasteiger partial charge in [0.1, 0.15) is 47.2 Å². The van der Waals surface area contributed by atoms with Crippen LogP contribution in [-0.4, -0.2) is 77.3 Å². The third-order valence-corrected chi connectivity index (χ3v) is 10.1. The topological polar surface area (TPSA) is 110 Å². The Morgan fingerprint density at radius 2 is 1.84 bits per heavy atom. The van der Waals surface area contributed by atoms with Gasteiger partial charge >= 0.3 is 0 Å². The van der Waals surface area contributed by atoms with Crippen molar-refractivity contribution in [3.8, 4) is 16.9 Å². The van der Waals surface area contributed by atoms with Gasteiger partial charge in [-0.05, 0) is 56.5 Å². The van der Waals surface area contributed by atoms with Gasteiger partial charge in [0.05, 0.1) is 28.3 Å². The molecule has 1 saturated heterocycles. The molecule has 4 aromatic heterocycles. The minimum Gasteiger partial charge on any atom is -0.365 e. The van der Waals surface area contributed by atoms with Crippen LogP contribution >= 0.6 is 0 Å². The Hall–Kier alpha value is -5.53. The van der Waals surface area contributed by atoms with Gasteiger partial charge in [0.25, 0.3) is 0 Å². The van der Waals surface area contributed by atoms with Gasteiger partial charge in [0.15, 0.2) is 11.5 Å². The number of likely N-dealkylation sites (N-methyl/N-ethyl adjacent to an activating group) is 1. The molecule has 1 N–H and O–H groups in total. The molecule has 0 unspecified atom stereocenters. The molecule has 49 heavy (non-hydrogen) atoms. The van der Waals surface area contributed by atoms with E-state index in [0.717, 1.165) is 36.3 Å².